The van der Waals surface area contributed by atoms with Crippen LogP contribution in [-0.2, 0) is 14.8 Å². The smallest absolute Gasteiger partial charge is 0.271 e. The summed E-state index contributed by atoms with van der Waals surface area (Å²) in [6.07, 6.45) is 1.56. The Morgan fingerprint density at radius 2 is 1.89 bits per heavy atom. The molecule has 1 N–H and O–H groups in total. The minimum atomic E-state index is -3.65. The van der Waals surface area contributed by atoms with Crippen molar-refractivity contribution in [2.45, 2.75) is 11.8 Å². The number of aryl methyl sites for hydroxylation is 1. The van der Waals surface area contributed by atoms with Gasteiger partial charge in [-0.25, -0.2) is 13.8 Å². The van der Waals surface area contributed by atoms with Crippen molar-refractivity contribution >= 4 is 22.1 Å². The second-order valence-corrected chi connectivity index (χ2v) is 8.04. The average molecular weight is 387 g/mol. The SMILES string of the molecule is Cc1ccccc1/C=N\NC(=O)c1cccc(S(=O)(=O)N2CCOCC2)c1. The molecule has 0 unspecified atom stereocenters. The maximum absolute atomic E-state index is 12.7. The number of amides is 1. The fraction of sp³-hybridized carbons (Fsp3) is 0.263. The van der Waals surface area contributed by atoms with Crippen molar-refractivity contribution in [1.82, 2.24) is 9.73 Å². The summed E-state index contributed by atoms with van der Waals surface area (Å²) in [7, 11) is -3.65. The fourth-order valence-corrected chi connectivity index (χ4v) is 4.14. The molecule has 142 valence electrons. The van der Waals surface area contributed by atoms with E-state index in [0.717, 1.165) is 11.1 Å². The normalized spacial score (nSPS) is 15.7. The van der Waals surface area contributed by atoms with Crippen LogP contribution in [0.15, 0.2) is 58.5 Å². The van der Waals surface area contributed by atoms with E-state index >= 15 is 0 Å². The third kappa shape index (κ3) is 4.60. The first-order valence-corrected chi connectivity index (χ1v) is 9.99. The first-order chi connectivity index (χ1) is 13.0. The molecule has 0 atom stereocenters. The predicted molar refractivity (Wildman–Crippen MR) is 102 cm³/mol. The molecule has 1 fully saturated rings. The molecule has 7 nitrogen and oxygen atoms in total. The third-order valence-electron chi connectivity index (χ3n) is 4.26. The number of morpholine rings is 1. The lowest BCUT2D eigenvalue weighted by Crippen LogP contribution is -2.40. The molecule has 0 spiro atoms. The van der Waals surface area contributed by atoms with Crippen molar-refractivity contribution in [3.63, 3.8) is 0 Å². The van der Waals surface area contributed by atoms with Crippen LogP contribution in [0.2, 0.25) is 0 Å². The zero-order valence-corrected chi connectivity index (χ0v) is 15.8. The predicted octanol–water partition coefficient (Wildman–Crippen LogP) is 1.78. The number of nitrogens with one attached hydrogen (secondary N) is 1. The molecule has 0 saturated carbocycles. The van der Waals surface area contributed by atoms with Crippen molar-refractivity contribution in [3.8, 4) is 0 Å². The molecule has 0 aromatic heterocycles. The van der Waals surface area contributed by atoms with Gasteiger partial charge < -0.3 is 4.74 Å². The summed E-state index contributed by atoms with van der Waals surface area (Å²) in [6.45, 7) is 3.29. The summed E-state index contributed by atoms with van der Waals surface area (Å²) in [5, 5.41) is 3.96. The Kier molecular flexibility index (Phi) is 6.00. The molecule has 3 rings (SSSR count). The van der Waals surface area contributed by atoms with E-state index < -0.39 is 15.9 Å². The molecule has 1 amide bonds. The van der Waals surface area contributed by atoms with E-state index in [1.165, 1.54) is 16.4 Å². The van der Waals surface area contributed by atoms with Gasteiger partial charge in [-0.1, -0.05) is 30.3 Å². The molecular weight excluding hydrogens is 366 g/mol. The number of ether oxygens (including phenoxy) is 1. The molecule has 8 heteroatoms. The topological polar surface area (TPSA) is 88.1 Å². The Morgan fingerprint density at radius 1 is 1.15 bits per heavy atom. The lowest BCUT2D eigenvalue weighted by Gasteiger charge is -2.26. The van der Waals surface area contributed by atoms with E-state index in [-0.39, 0.29) is 10.5 Å². The number of rotatable bonds is 5. The minimum Gasteiger partial charge on any atom is -0.379 e. The van der Waals surface area contributed by atoms with Gasteiger partial charge in [-0.15, -0.1) is 0 Å². The zero-order valence-electron chi connectivity index (χ0n) is 15.0. The monoisotopic (exact) mass is 387 g/mol. The Hall–Kier alpha value is -2.55. The highest BCUT2D eigenvalue weighted by Crippen LogP contribution is 2.18. The van der Waals surface area contributed by atoms with Gasteiger partial charge >= 0.3 is 0 Å². The van der Waals surface area contributed by atoms with Gasteiger partial charge in [0, 0.05) is 18.7 Å². The van der Waals surface area contributed by atoms with E-state index in [4.69, 9.17) is 4.74 Å². The maximum Gasteiger partial charge on any atom is 0.271 e. The van der Waals surface area contributed by atoms with Crippen molar-refractivity contribution in [3.05, 3.63) is 65.2 Å². The molecule has 2 aromatic carbocycles. The number of hydrogen-bond acceptors (Lipinski definition) is 5. The second-order valence-electron chi connectivity index (χ2n) is 6.10. The summed E-state index contributed by atoms with van der Waals surface area (Å²) in [5.74, 6) is -0.473. The summed E-state index contributed by atoms with van der Waals surface area (Å²) in [5.41, 5.74) is 4.59. The van der Waals surface area contributed by atoms with Crippen LogP contribution in [0.1, 0.15) is 21.5 Å². The standard InChI is InChI=1S/C19H21N3O4S/c1-15-5-2-3-6-17(15)14-20-21-19(23)16-7-4-8-18(13-16)27(24,25)22-9-11-26-12-10-22/h2-8,13-14H,9-12H2,1H3,(H,21,23)/b20-14-. The van der Waals surface area contributed by atoms with E-state index in [1.54, 1.807) is 18.3 Å². The molecule has 0 radical (unpaired) electrons. The Morgan fingerprint density at radius 3 is 2.63 bits per heavy atom. The molecular formula is C19H21N3O4S. The van der Waals surface area contributed by atoms with Gasteiger partial charge in [-0.05, 0) is 36.2 Å². The summed E-state index contributed by atoms with van der Waals surface area (Å²) in [4.78, 5) is 12.4. The molecule has 1 aliphatic rings. The van der Waals surface area contributed by atoms with Gasteiger partial charge in [0.05, 0.1) is 24.3 Å². The number of hydrazone groups is 1. The molecule has 1 aliphatic heterocycles. The van der Waals surface area contributed by atoms with Gasteiger partial charge in [0.15, 0.2) is 0 Å². The summed E-state index contributed by atoms with van der Waals surface area (Å²) >= 11 is 0. The summed E-state index contributed by atoms with van der Waals surface area (Å²) < 4.78 is 32.0. The number of sulfonamides is 1. The Bertz CT molecular complexity index is 951. The van der Waals surface area contributed by atoms with Crippen LogP contribution in [-0.4, -0.2) is 51.1 Å². The number of nitrogens with zero attached hydrogens (tertiary/aromatic N) is 2. The lowest BCUT2D eigenvalue weighted by atomic mass is 10.1. The number of hydrogen-bond donors (Lipinski definition) is 1. The highest BCUT2D eigenvalue weighted by molar-refractivity contribution is 7.89. The molecule has 2 aromatic rings. The largest absolute Gasteiger partial charge is 0.379 e. The zero-order chi connectivity index (χ0) is 19.3. The highest BCUT2D eigenvalue weighted by atomic mass is 32.2. The lowest BCUT2D eigenvalue weighted by molar-refractivity contribution is 0.0730. The molecule has 0 bridgehead atoms. The Labute approximate surface area is 158 Å². The molecule has 1 heterocycles. The van der Waals surface area contributed by atoms with Gasteiger partial charge in [-0.3, -0.25) is 4.79 Å². The molecule has 1 saturated heterocycles. The van der Waals surface area contributed by atoms with Crippen molar-refractivity contribution in [2.75, 3.05) is 26.3 Å². The van der Waals surface area contributed by atoms with Gasteiger partial charge in [0.2, 0.25) is 10.0 Å². The maximum atomic E-state index is 12.7. The van der Waals surface area contributed by atoms with Crippen LogP contribution in [0.3, 0.4) is 0 Å². The minimum absolute atomic E-state index is 0.0833. The van der Waals surface area contributed by atoms with Gasteiger partial charge in [-0.2, -0.15) is 9.41 Å². The summed E-state index contributed by atoms with van der Waals surface area (Å²) in [6, 6.07) is 13.6. The number of carbonyl (C=O) groups excluding carboxylic acids is 1. The third-order valence-corrected chi connectivity index (χ3v) is 6.16. The molecule has 27 heavy (non-hydrogen) atoms. The first kappa shape index (κ1) is 19.2. The second kappa shape index (κ2) is 8.43. The van der Waals surface area contributed by atoms with Crippen molar-refractivity contribution in [1.29, 1.82) is 0 Å². The number of carbonyl (C=O) groups is 1. The van der Waals surface area contributed by atoms with Crippen LogP contribution in [0.4, 0.5) is 0 Å². The van der Waals surface area contributed by atoms with Gasteiger partial charge in [0.25, 0.3) is 5.91 Å². The number of benzene rings is 2. The average Bonchev–Trinajstić information content (AvgIpc) is 2.70. The van der Waals surface area contributed by atoms with Crippen LogP contribution >= 0.6 is 0 Å². The van der Waals surface area contributed by atoms with Crippen LogP contribution in [0.25, 0.3) is 0 Å². The highest BCUT2D eigenvalue weighted by Gasteiger charge is 2.26. The Balaban J connectivity index is 1.73. The van der Waals surface area contributed by atoms with E-state index in [0.29, 0.717) is 26.3 Å². The van der Waals surface area contributed by atoms with Gasteiger partial charge in [0.1, 0.15) is 0 Å². The van der Waals surface area contributed by atoms with Crippen molar-refractivity contribution < 1.29 is 17.9 Å². The first-order valence-electron chi connectivity index (χ1n) is 8.55. The van der Waals surface area contributed by atoms with Crippen molar-refractivity contribution in [2.24, 2.45) is 5.10 Å². The van der Waals surface area contributed by atoms with E-state index in [2.05, 4.69) is 10.5 Å². The van der Waals surface area contributed by atoms with Crippen LogP contribution in [0, 0.1) is 6.92 Å². The molecule has 0 aliphatic carbocycles. The van der Waals surface area contributed by atoms with E-state index in [1.807, 2.05) is 31.2 Å². The van der Waals surface area contributed by atoms with Crippen LogP contribution < -0.4 is 5.43 Å². The quantitative estimate of drug-likeness (QED) is 0.626. The van der Waals surface area contributed by atoms with Crippen LogP contribution in [0.5, 0.6) is 0 Å². The van der Waals surface area contributed by atoms with E-state index in [9.17, 15) is 13.2 Å². The fourth-order valence-electron chi connectivity index (χ4n) is 2.69.